The van der Waals surface area contributed by atoms with Crippen LogP contribution in [-0.4, -0.2) is 65.0 Å². The Balaban J connectivity index is 1.87. The summed E-state index contributed by atoms with van der Waals surface area (Å²) in [5.41, 5.74) is 0.659. The molecule has 1 aromatic heterocycles. The van der Waals surface area contributed by atoms with E-state index in [1.165, 1.54) is 0 Å². The molecule has 2 atom stereocenters. The van der Waals surface area contributed by atoms with E-state index in [-0.39, 0.29) is 11.8 Å². The van der Waals surface area contributed by atoms with Crippen molar-refractivity contribution in [2.24, 2.45) is 11.3 Å². The van der Waals surface area contributed by atoms with Crippen LogP contribution in [0.25, 0.3) is 0 Å². The van der Waals surface area contributed by atoms with Gasteiger partial charge in [-0.1, -0.05) is 0 Å². The van der Waals surface area contributed by atoms with E-state index in [1.54, 1.807) is 17.2 Å². The highest BCUT2D eigenvalue weighted by Gasteiger charge is 2.55. The quantitative estimate of drug-likeness (QED) is 0.845. The predicted octanol–water partition coefficient (Wildman–Crippen LogP) is 0.802. The lowest BCUT2D eigenvalue weighted by molar-refractivity contribution is -0.153. The molecule has 2 aliphatic heterocycles. The molecule has 6 nitrogen and oxygen atoms in total. The molecule has 0 saturated carbocycles. The first-order chi connectivity index (χ1) is 9.94. The molecule has 0 spiro atoms. The van der Waals surface area contributed by atoms with Gasteiger partial charge in [0.15, 0.2) is 0 Å². The molecule has 2 aliphatic rings. The van der Waals surface area contributed by atoms with E-state index < -0.39 is 11.4 Å². The maximum absolute atomic E-state index is 12.6. The number of aromatic nitrogens is 1. The van der Waals surface area contributed by atoms with Gasteiger partial charge in [-0.2, -0.15) is 0 Å². The Morgan fingerprint density at radius 1 is 1.43 bits per heavy atom. The highest BCUT2D eigenvalue weighted by Crippen LogP contribution is 2.42. The molecule has 2 unspecified atom stereocenters. The number of hydrogen-bond acceptors (Lipinski definition) is 3. The van der Waals surface area contributed by atoms with Crippen molar-refractivity contribution in [3.8, 4) is 0 Å². The highest BCUT2D eigenvalue weighted by molar-refractivity contribution is 5.96. The van der Waals surface area contributed by atoms with Crippen LogP contribution in [0.5, 0.6) is 0 Å². The van der Waals surface area contributed by atoms with Gasteiger partial charge in [-0.25, -0.2) is 0 Å². The van der Waals surface area contributed by atoms with Gasteiger partial charge >= 0.3 is 5.97 Å². The topological polar surface area (TPSA) is 76.6 Å². The number of H-pyrrole nitrogens is 1. The number of amides is 1. The summed E-state index contributed by atoms with van der Waals surface area (Å²) in [6.07, 6.45) is 2.57. The van der Waals surface area contributed by atoms with E-state index >= 15 is 0 Å². The van der Waals surface area contributed by atoms with Crippen LogP contribution >= 0.6 is 0 Å². The maximum atomic E-state index is 12.6. The average Bonchev–Trinajstić information content (AvgIpc) is 3.01. The molecule has 1 aromatic rings. The lowest BCUT2D eigenvalue weighted by Crippen LogP contribution is -2.52. The Kier molecular flexibility index (Phi) is 3.28. The number of carbonyl (C=O) groups is 2. The minimum absolute atomic E-state index is 0.0504. The third kappa shape index (κ3) is 2.14. The summed E-state index contributed by atoms with van der Waals surface area (Å²) in [6.45, 7) is 4.12. The van der Waals surface area contributed by atoms with E-state index in [1.807, 2.05) is 14.0 Å². The van der Waals surface area contributed by atoms with E-state index in [9.17, 15) is 14.7 Å². The van der Waals surface area contributed by atoms with E-state index in [2.05, 4.69) is 9.88 Å². The molecule has 3 heterocycles. The number of carboxylic acids is 1. The first-order valence-electron chi connectivity index (χ1n) is 7.29. The number of aryl methyl sites for hydroxylation is 1. The number of carboxylic acid groups (broad SMARTS) is 1. The van der Waals surface area contributed by atoms with Gasteiger partial charge in [0.2, 0.25) is 0 Å². The molecule has 0 bridgehead atoms. The predicted molar refractivity (Wildman–Crippen MR) is 77.1 cm³/mol. The molecule has 0 aromatic carbocycles. The molecule has 6 heteroatoms. The summed E-state index contributed by atoms with van der Waals surface area (Å²) in [5.74, 6) is -0.791. The highest BCUT2D eigenvalue weighted by atomic mass is 16.4. The molecule has 0 aliphatic carbocycles. The van der Waals surface area contributed by atoms with E-state index in [0.29, 0.717) is 25.2 Å². The molecule has 2 saturated heterocycles. The van der Waals surface area contributed by atoms with Crippen LogP contribution in [0.15, 0.2) is 12.3 Å². The van der Waals surface area contributed by atoms with Crippen molar-refractivity contribution >= 4 is 11.9 Å². The third-order valence-corrected chi connectivity index (χ3v) is 5.00. The Morgan fingerprint density at radius 2 is 2.19 bits per heavy atom. The average molecular weight is 291 g/mol. The SMILES string of the molecule is Cc1[nH]ccc1C(=O)N1CC2CCN(C)CC2(C(=O)O)C1. The van der Waals surface area contributed by atoms with Crippen molar-refractivity contribution in [3.05, 3.63) is 23.5 Å². The lowest BCUT2D eigenvalue weighted by Gasteiger charge is -2.39. The number of carbonyl (C=O) groups excluding carboxylic acids is 1. The van der Waals surface area contributed by atoms with Gasteiger partial charge in [0.25, 0.3) is 5.91 Å². The first-order valence-corrected chi connectivity index (χ1v) is 7.29. The summed E-state index contributed by atoms with van der Waals surface area (Å²) in [7, 11) is 1.95. The van der Waals surface area contributed by atoms with Crippen molar-refractivity contribution in [1.29, 1.82) is 0 Å². The number of likely N-dealkylation sites (tertiary alicyclic amines) is 2. The molecular weight excluding hydrogens is 270 g/mol. The summed E-state index contributed by atoms with van der Waals surface area (Å²) in [6, 6.07) is 1.76. The zero-order valence-electron chi connectivity index (χ0n) is 12.4. The first kappa shape index (κ1) is 14.1. The van der Waals surface area contributed by atoms with Crippen LogP contribution in [-0.2, 0) is 4.79 Å². The van der Waals surface area contributed by atoms with E-state index in [4.69, 9.17) is 0 Å². The van der Waals surface area contributed by atoms with Crippen LogP contribution < -0.4 is 0 Å². The summed E-state index contributed by atoms with van der Waals surface area (Å²) in [5, 5.41) is 9.73. The zero-order chi connectivity index (χ0) is 15.2. The van der Waals surface area contributed by atoms with Gasteiger partial charge in [-0.15, -0.1) is 0 Å². The molecule has 1 amide bonds. The van der Waals surface area contributed by atoms with Gasteiger partial charge < -0.3 is 19.9 Å². The summed E-state index contributed by atoms with van der Waals surface area (Å²) < 4.78 is 0. The van der Waals surface area contributed by atoms with Gasteiger partial charge in [-0.3, -0.25) is 9.59 Å². The normalized spacial score (nSPS) is 29.4. The molecule has 21 heavy (non-hydrogen) atoms. The molecule has 3 rings (SSSR count). The number of fused-ring (bicyclic) bond motifs is 1. The van der Waals surface area contributed by atoms with Crippen LogP contribution in [0, 0.1) is 18.3 Å². The van der Waals surface area contributed by atoms with Crippen molar-refractivity contribution < 1.29 is 14.7 Å². The number of nitrogens with zero attached hydrogens (tertiary/aromatic N) is 2. The second-order valence-electron chi connectivity index (χ2n) is 6.39. The van der Waals surface area contributed by atoms with E-state index in [0.717, 1.165) is 18.7 Å². The van der Waals surface area contributed by atoms with Crippen molar-refractivity contribution in [2.75, 3.05) is 33.2 Å². The molecule has 2 fully saturated rings. The largest absolute Gasteiger partial charge is 0.481 e. The van der Waals surface area contributed by atoms with Gasteiger partial charge in [0.1, 0.15) is 5.41 Å². The summed E-state index contributed by atoms with van der Waals surface area (Å²) in [4.78, 5) is 31.2. The van der Waals surface area contributed by atoms with Crippen LogP contribution in [0.4, 0.5) is 0 Å². The number of nitrogens with one attached hydrogen (secondary N) is 1. The standard InChI is InChI=1S/C15H21N3O3/c1-10-12(3-5-16-10)13(19)18-7-11-4-6-17(2)8-15(11,9-18)14(20)21/h3,5,11,16H,4,6-9H2,1-2H3,(H,20,21). The monoisotopic (exact) mass is 291 g/mol. The fourth-order valence-corrected chi connectivity index (χ4v) is 3.78. The van der Waals surface area contributed by atoms with Crippen LogP contribution in [0.1, 0.15) is 22.5 Å². The third-order valence-electron chi connectivity index (χ3n) is 5.00. The molecule has 0 radical (unpaired) electrons. The van der Waals surface area contributed by atoms with Gasteiger partial charge in [-0.05, 0) is 38.9 Å². The Hall–Kier alpha value is -1.82. The number of aromatic amines is 1. The second-order valence-corrected chi connectivity index (χ2v) is 6.39. The smallest absolute Gasteiger partial charge is 0.313 e. The number of piperidine rings is 1. The Bertz CT molecular complexity index is 582. The van der Waals surface area contributed by atoms with Gasteiger partial charge in [0, 0.05) is 31.5 Å². The van der Waals surface area contributed by atoms with Crippen molar-refractivity contribution in [2.45, 2.75) is 13.3 Å². The molecule has 2 N–H and O–H groups in total. The summed E-state index contributed by atoms with van der Waals surface area (Å²) >= 11 is 0. The Labute approximate surface area is 123 Å². The molecule has 114 valence electrons. The van der Waals surface area contributed by atoms with Crippen molar-refractivity contribution in [1.82, 2.24) is 14.8 Å². The zero-order valence-corrected chi connectivity index (χ0v) is 12.4. The van der Waals surface area contributed by atoms with Crippen molar-refractivity contribution in [3.63, 3.8) is 0 Å². The number of aliphatic carboxylic acids is 1. The number of rotatable bonds is 2. The minimum atomic E-state index is -0.813. The second kappa shape index (κ2) is 4.87. The Morgan fingerprint density at radius 3 is 2.81 bits per heavy atom. The maximum Gasteiger partial charge on any atom is 0.313 e. The molecular formula is C15H21N3O3. The lowest BCUT2D eigenvalue weighted by atomic mass is 9.73. The fraction of sp³-hybridized carbons (Fsp3) is 0.600. The minimum Gasteiger partial charge on any atom is -0.481 e. The van der Waals surface area contributed by atoms with Gasteiger partial charge in [0.05, 0.1) is 5.56 Å². The number of hydrogen-bond donors (Lipinski definition) is 2. The van der Waals surface area contributed by atoms with Crippen LogP contribution in [0.3, 0.4) is 0 Å². The fourth-order valence-electron chi connectivity index (χ4n) is 3.78. The van der Waals surface area contributed by atoms with Crippen LogP contribution in [0.2, 0.25) is 0 Å².